The first-order chi connectivity index (χ1) is 17.8. The molecule has 0 spiro atoms. The number of nitrogens with one attached hydrogen (secondary N) is 2. The number of hydrogen-bond donors (Lipinski definition) is 4. The zero-order valence-corrected chi connectivity index (χ0v) is 22.1. The van der Waals surface area contributed by atoms with Crippen molar-refractivity contribution >= 4 is 45.9 Å². The number of ketones is 1. The number of amides is 2. The van der Waals surface area contributed by atoms with Gasteiger partial charge in [-0.1, -0.05) is 30.3 Å². The van der Waals surface area contributed by atoms with E-state index in [1.54, 1.807) is 5.38 Å². The second kappa shape index (κ2) is 14.5. The van der Waals surface area contributed by atoms with Crippen LogP contribution in [0.2, 0.25) is 0 Å². The van der Waals surface area contributed by atoms with Crippen LogP contribution in [0.3, 0.4) is 0 Å². The van der Waals surface area contributed by atoms with Gasteiger partial charge in [-0.15, -0.1) is 11.3 Å². The highest BCUT2D eigenvalue weighted by atomic mass is 32.2. The summed E-state index contributed by atoms with van der Waals surface area (Å²) in [7, 11) is -1.44. The van der Waals surface area contributed by atoms with Crippen LogP contribution < -0.4 is 21.5 Å². The molecule has 3 rings (SSSR count). The number of benzene rings is 1. The lowest BCUT2D eigenvalue weighted by Gasteiger charge is -2.25. The molecule has 37 heavy (non-hydrogen) atoms. The molecular weight excluding hydrogens is 514 g/mol. The van der Waals surface area contributed by atoms with E-state index in [4.69, 9.17) is 11.5 Å². The summed E-state index contributed by atoms with van der Waals surface area (Å²) in [5.74, 6) is -0.780. The topological polar surface area (TPSA) is 173 Å². The van der Waals surface area contributed by atoms with Crippen LogP contribution in [0, 0.1) is 0 Å². The smallest absolute Gasteiger partial charge is 0.241 e. The normalized spacial score (nSPS) is 17.5. The van der Waals surface area contributed by atoms with Crippen molar-refractivity contribution in [1.82, 2.24) is 19.9 Å². The third-order valence-corrected chi connectivity index (χ3v) is 7.70. The maximum Gasteiger partial charge on any atom is 0.241 e. The third kappa shape index (κ3) is 9.34. The highest BCUT2D eigenvalue weighted by molar-refractivity contribution is 7.82. The van der Waals surface area contributed by atoms with Gasteiger partial charge in [0.05, 0.1) is 35.4 Å². The van der Waals surface area contributed by atoms with E-state index < -0.39 is 29.0 Å². The monoisotopic (exact) mass is 547 g/mol. The van der Waals surface area contributed by atoms with Crippen LogP contribution in [0.25, 0.3) is 0 Å². The maximum atomic E-state index is 13.2. The molecular formula is C24H33N7O4S2. The second-order valence-corrected chi connectivity index (χ2v) is 10.8. The Bertz CT molecular complexity index is 1090. The molecule has 1 aliphatic rings. The average molecular weight is 548 g/mol. The average Bonchev–Trinajstić information content (AvgIpc) is 3.36. The van der Waals surface area contributed by atoms with E-state index in [2.05, 4.69) is 20.0 Å². The number of guanidine groups is 1. The Morgan fingerprint density at radius 3 is 2.73 bits per heavy atom. The van der Waals surface area contributed by atoms with Crippen molar-refractivity contribution in [3.8, 4) is 0 Å². The molecule has 0 radical (unpaired) electrons. The molecule has 200 valence electrons. The molecule has 1 aromatic carbocycles. The lowest BCUT2D eigenvalue weighted by molar-refractivity contribution is -0.137. The van der Waals surface area contributed by atoms with Crippen LogP contribution in [0.15, 0.2) is 46.9 Å². The van der Waals surface area contributed by atoms with E-state index in [0.717, 1.165) is 18.4 Å². The van der Waals surface area contributed by atoms with Crippen LogP contribution >= 0.6 is 11.3 Å². The Kier molecular flexibility index (Phi) is 11.2. The molecule has 1 aromatic heterocycles. The summed E-state index contributed by atoms with van der Waals surface area (Å²) < 4.78 is 15.6. The molecule has 2 aromatic rings. The Morgan fingerprint density at radius 1 is 1.24 bits per heavy atom. The fourth-order valence-electron chi connectivity index (χ4n) is 3.98. The second-order valence-electron chi connectivity index (χ2n) is 8.67. The number of hydrogen-bond acceptors (Lipinski definition) is 7. The zero-order valence-electron chi connectivity index (χ0n) is 20.5. The first kappa shape index (κ1) is 28.4. The van der Waals surface area contributed by atoms with Crippen molar-refractivity contribution in [2.24, 2.45) is 16.5 Å². The summed E-state index contributed by atoms with van der Waals surface area (Å²) >= 11 is 1.19. The molecule has 11 nitrogen and oxygen atoms in total. The van der Waals surface area contributed by atoms with Gasteiger partial charge in [0.15, 0.2) is 11.0 Å². The van der Waals surface area contributed by atoms with Gasteiger partial charge in [0.1, 0.15) is 0 Å². The molecule has 1 saturated heterocycles. The summed E-state index contributed by atoms with van der Waals surface area (Å²) in [5, 5.41) is 4.75. The zero-order chi connectivity index (χ0) is 26.6. The molecule has 2 amide bonds. The fraction of sp³-hybridized carbons (Fsp3) is 0.458. The standard InChI is InChI=1S/C24H33N7O4S2/c25-24(26)28-11-6-10-18(21(33)22-27-12-14-36-22)29-20(32)15-31-13-5-4-9-19(23(31)34)30-37(35)16-17-7-2-1-3-8-17/h1-3,7-8,12,14,18-19,30H,4-6,9-11,13,15-16H2,(H,29,32)(H4,25,26,28)/t18-,19-,37?/m0/s1. The number of aromatic nitrogens is 1. The van der Waals surface area contributed by atoms with Gasteiger partial charge in [0.2, 0.25) is 17.6 Å². The molecule has 0 aliphatic carbocycles. The number of thiazole rings is 1. The van der Waals surface area contributed by atoms with Gasteiger partial charge in [-0.3, -0.25) is 19.4 Å². The highest BCUT2D eigenvalue weighted by Gasteiger charge is 2.31. The first-order valence-electron chi connectivity index (χ1n) is 12.1. The fourth-order valence-corrected chi connectivity index (χ4v) is 5.72. The van der Waals surface area contributed by atoms with E-state index in [0.29, 0.717) is 37.4 Å². The molecule has 6 N–H and O–H groups in total. The largest absolute Gasteiger partial charge is 0.370 e. The Hall–Kier alpha value is -3.16. The molecule has 0 saturated carbocycles. The van der Waals surface area contributed by atoms with Crippen molar-refractivity contribution in [2.75, 3.05) is 19.6 Å². The molecule has 2 heterocycles. The van der Waals surface area contributed by atoms with Crippen molar-refractivity contribution in [1.29, 1.82) is 0 Å². The summed E-state index contributed by atoms with van der Waals surface area (Å²) in [4.78, 5) is 48.5. The van der Waals surface area contributed by atoms with Gasteiger partial charge in [0.25, 0.3) is 0 Å². The van der Waals surface area contributed by atoms with Crippen LogP contribution in [0.1, 0.15) is 47.5 Å². The van der Waals surface area contributed by atoms with Gasteiger partial charge in [-0.25, -0.2) is 13.9 Å². The number of likely N-dealkylation sites (tertiary alicyclic amines) is 1. The minimum absolute atomic E-state index is 0.0422. The highest BCUT2D eigenvalue weighted by Crippen LogP contribution is 2.15. The molecule has 0 bridgehead atoms. The predicted octanol–water partition coefficient (Wildman–Crippen LogP) is 0.699. The van der Waals surface area contributed by atoms with Crippen molar-refractivity contribution in [3.63, 3.8) is 0 Å². The lowest BCUT2D eigenvalue weighted by Crippen LogP contribution is -2.51. The van der Waals surface area contributed by atoms with Crippen LogP contribution in [0.4, 0.5) is 0 Å². The Balaban J connectivity index is 1.59. The predicted molar refractivity (Wildman–Crippen MR) is 144 cm³/mol. The minimum atomic E-state index is -1.44. The number of rotatable bonds is 13. The SMILES string of the molecule is NC(N)=NCCC[C@H](NC(=O)CN1CCCC[C@H](NS(=O)Cc2ccccc2)C1=O)C(=O)c1nccs1. The van der Waals surface area contributed by atoms with E-state index in [-0.39, 0.29) is 29.9 Å². The van der Waals surface area contributed by atoms with Crippen LogP contribution in [-0.4, -0.2) is 69.4 Å². The van der Waals surface area contributed by atoms with Gasteiger partial charge < -0.3 is 21.7 Å². The summed E-state index contributed by atoms with van der Waals surface area (Å²) in [6.07, 6.45) is 4.34. The summed E-state index contributed by atoms with van der Waals surface area (Å²) in [6, 6.07) is 7.93. The molecule has 1 unspecified atom stereocenters. The van der Waals surface area contributed by atoms with E-state index in [9.17, 15) is 18.6 Å². The van der Waals surface area contributed by atoms with Crippen molar-refractivity contribution < 1.29 is 18.6 Å². The first-order valence-corrected chi connectivity index (χ1v) is 14.3. The molecule has 1 aliphatic heterocycles. The van der Waals surface area contributed by atoms with Gasteiger partial charge in [-0.05, 0) is 37.7 Å². The number of nitrogens with two attached hydrogens (primary N) is 2. The van der Waals surface area contributed by atoms with E-state index in [1.165, 1.54) is 22.4 Å². The lowest BCUT2D eigenvalue weighted by atomic mass is 10.1. The number of aliphatic imine (C=N–C) groups is 1. The third-order valence-electron chi connectivity index (χ3n) is 5.77. The molecule has 13 heteroatoms. The van der Waals surface area contributed by atoms with Crippen molar-refractivity contribution in [3.05, 3.63) is 52.5 Å². The summed E-state index contributed by atoms with van der Waals surface area (Å²) in [5.41, 5.74) is 11.6. The number of carbonyl (C=O) groups is 3. The van der Waals surface area contributed by atoms with Gasteiger partial charge in [-0.2, -0.15) is 0 Å². The van der Waals surface area contributed by atoms with Crippen LogP contribution in [-0.2, 0) is 26.3 Å². The number of Topliss-reactive ketones (excluding diaryl/α,β-unsaturated/α-hetero) is 1. The molecule has 1 fully saturated rings. The Labute approximate surface area is 222 Å². The minimum Gasteiger partial charge on any atom is -0.370 e. The maximum absolute atomic E-state index is 13.2. The van der Waals surface area contributed by atoms with E-state index >= 15 is 0 Å². The van der Waals surface area contributed by atoms with Crippen LogP contribution in [0.5, 0.6) is 0 Å². The quantitative estimate of drug-likeness (QED) is 0.124. The van der Waals surface area contributed by atoms with Crippen molar-refractivity contribution in [2.45, 2.75) is 49.9 Å². The summed E-state index contributed by atoms with van der Waals surface area (Å²) in [6.45, 7) is 0.529. The van der Waals surface area contributed by atoms with E-state index in [1.807, 2.05) is 30.3 Å². The van der Waals surface area contributed by atoms with Gasteiger partial charge >= 0.3 is 0 Å². The number of nitrogens with zero attached hydrogens (tertiary/aromatic N) is 3. The molecule has 3 atom stereocenters. The Morgan fingerprint density at radius 2 is 2.03 bits per heavy atom. The number of carbonyl (C=O) groups excluding carboxylic acids is 3. The van der Waals surface area contributed by atoms with Gasteiger partial charge in [0, 0.05) is 24.7 Å².